The fourth-order valence-corrected chi connectivity index (χ4v) is 3.20. The van der Waals surface area contributed by atoms with Gasteiger partial charge in [0, 0.05) is 41.2 Å². The molecule has 0 spiro atoms. The van der Waals surface area contributed by atoms with E-state index in [0.29, 0.717) is 22.5 Å². The van der Waals surface area contributed by atoms with Crippen LogP contribution in [-0.2, 0) is 4.79 Å². The van der Waals surface area contributed by atoms with Crippen LogP contribution >= 0.6 is 0 Å². The number of aromatic nitrogens is 2. The van der Waals surface area contributed by atoms with Gasteiger partial charge in [0.1, 0.15) is 5.69 Å². The molecule has 0 atom stereocenters. The fourth-order valence-electron chi connectivity index (χ4n) is 3.20. The number of carbonyl (C=O) groups excluding carboxylic acids is 1. The Morgan fingerprint density at radius 2 is 1.78 bits per heavy atom. The Morgan fingerprint density at radius 3 is 2.50 bits per heavy atom. The van der Waals surface area contributed by atoms with Gasteiger partial charge in [-0.05, 0) is 37.3 Å². The number of para-hydroxylation sites is 1. The lowest BCUT2D eigenvalue weighted by Crippen LogP contribution is -2.07. The molecule has 0 saturated carbocycles. The van der Waals surface area contributed by atoms with Gasteiger partial charge in [-0.1, -0.05) is 48.0 Å². The van der Waals surface area contributed by atoms with E-state index >= 15 is 0 Å². The first-order valence-corrected chi connectivity index (χ1v) is 9.95. The molecule has 32 heavy (non-hydrogen) atoms. The SMILES string of the molecule is Cc1ccc(NC(=O)/C=C\c2cn(-c3ccccc3)nc2-c2cccc([N+](=O)[O-])c2)cc1. The fraction of sp³-hybridized carbons (Fsp3) is 0.0400. The van der Waals surface area contributed by atoms with E-state index in [4.69, 9.17) is 0 Å². The molecule has 0 aliphatic carbocycles. The van der Waals surface area contributed by atoms with Gasteiger partial charge in [-0.25, -0.2) is 4.68 Å². The van der Waals surface area contributed by atoms with Crippen LogP contribution in [0.2, 0.25) is 0 Å². The van der Waals surface area contributed by atoms with Crippen LogP contribution in [0.15, 0.2) is 91.1 Å². The summed E-state index contributed by atoms with van der Waals surface area (Å²) in [6.45, 7) is 1.98. The third-order valence-electron chi connectivity index (χ3n) is 4.83. The summed E-state index contributed by atoms with van der Waals surface area (Å²) in [6.07, 6.45) is 4.87. The number of nitro benzene ring substituents is 1. The van der Waals surface area contributed by atoms with E-state index in [1.165, 1.54) is 18.2 Å². The molecular formula is C25H20N4O3. The zero-order valence-corrected chi connectivity index (χ0v) is 17.3. The molecule has 0 saturated heterocycles. The number of rotatable bonds is 6. The molecule has 0 bridgehead atoms. The molecule has 1 amide bonds. The summed E-state index contributed by atoms with van der Waals surface area (Å²) in [5, 5.41) is 18.7. The van der Waals surface area contributed by atoms with Gasteiger partial charge in [-0.15, -0.1) is 0 Å². The van der Waals surface area contributed by atoms with Crippen molar-refractivity contribution in [3.63, 3.8) is 0 Å². The second kappa shape index (κ2) is 9.09. The minimum Gasteiger partial charge on any atom is -0.323 e. The second-order valence-corrected chi connectivity index (χ2v) is 7.21. The summed E-state index contributed by atoms with van der Waals surface area (Å²) in [5.74, 6) is -0.286. The number of hydrogen-bond acceptors (Lipinski definition) is 4. The zero-order valence-electron chi connectivity index (χ0n) is 17.3. The van der Waals surface area contributed by atoms with Gasteiger partial charge in [0.25, 0.3) is 5.69 Å². The molecule has 7 heteroatoms. The highest BCUT2D eigenvalue weighted by Gasteiger charge is 2.14. The Labute approximate surface area is 184 Å². The average Bonchev–Trinajstić information content (AvgIpc) is 3.24. The standard InChI is InChI=1S/C25H20N4O3/c1-18-10-13-21(14-11-18)26-24(30)15-12-20-17-28(22-7-3-2-4-8-22)27-25(20)19-6-5-9-23(16-19)29(31)32/h2-17H,1H3,(H,26,30)/b15-12-. The second-order valence-electron chi connectivity index (χ2n) is 7.21. The monoisotopic (exact) mass is 424 g/mol. The van der Waals surface area contributed by atoms with Crippen molar-refractivity contribution in [2.75, 3.05) is 5.32 Å². The highest BCUT2D eigenvalue weighted by Crippen LogP contribution is 2.27. The normalized spacial score (nSPS) is 10.9. The number of hydrogen-bond donors (Lipinski definition) is 1. The predicted molar refractivity (Wildman–Crippen MR) is 124 cm³/mol. The first-order chi connectivity index (χ1) is 15.5. The number of nitro groups is 1. The third-order valence-corrected chi connectivity index (χ3v) is 4.83. The van der Waals surface area contributed by atoms with Crippen LogP contribution < -0.4 is 5.32 Å². The average molecular weight is 424 g/mol. The van der Waals surface area contributed by atoms with Crippen molar-refractivity contribution in [3.8, 4) is 16.9 Å². The van der Waals surface area contributed by atoms with Crippen LogP contribution in [0.5, 0.6) is 0 Å². The number of amides is 1. The Balaban J connectivity index is 1.68. The lowest BCUT2D eigenvalue weighted by molar-refractivity contribution is -0.384. The molecule has 4 rings (SSSR count). The van der Waals surface area contributed by atoms with Crippen LogP contribution in [0, 0.1) is 17.0 Å². The molecule has 0 fully saturated rings. The lowest BCUT2D eigenvalue weighted by Gasteiger charge is -2.02. The molecule has 1 aromatic heterocycles. The first-order valence-electron chi connectivity index (χ1n) is 9.95. The van der Waals surface area contributed by atoms with Gasteiger partial charge >= 0.3 is 0 Å². The number of carbonyl (C=O) groups is 1. The van der Waals surface area contributed by atoms with E-state index in [1.807, 2.05) is 61.5 Å². The van der Waals surface area contributed by atoms with Gasteiger partial charge in [0.05, 0.1) is 10.6 Å². The minimum absolute atomic E-state index is 0.0243. The lowest BCUT2D eigenvalue weighted by atomic mass is 10.1. The predicted octanol–water partition coefficient (Wildman–Crippen LogP) is 5.41. The largest absolute Gasteiger partial charge is 0.323 e. The van der Waals surface area contributed by atoms with Gasteiger partial charge < -0.3 is 5.32 Å². The van der Waals surface area contributed by atoms with E-state index in [2.05, 4.69) is 10.4 Å². The molecule has 0 aliphatic rings. The maximum absolute atomic E-state index is 12.4. The number of nitrogens with zero attached hydrogens (tertiary/aromatic N) is 3. The molecule has 3 aromatic carbocycles. The Kier molecular flexibility index (Phi) is 5.89. The van der Waals surface area contributed by atoms with E-state index in [-0.39, 0.29) is 11.6 Å². The van der Waals surface area contributed by atoms with Gasteiger partial charge in [0.15, 0.2) is 0 Å². The number of nitrogens with one attached hydrogen (secondary N) is 1. The summed E-state index contributed by atoms with van der Waals surface area (Å²) in [5.41, 5.74) is 4.40. The van der Waals surface area contributed by atoms with Crippen LogP contribution in [0.25, 0.3) is 23.0 Å². The van der Waals surface area contributed by atoms with Crippen LogP contribution in [0.4, 0.5) is 11.4 Å². The molecule has 4 aromatic rings. The molecule has 0 unspecified atom stereocenters. The van der Waals surface area contributed by atoms with Crippen molar-refractivity contribution in [2.24, 2.45) is 0 Å². The van der Waals surface area contributed by atoms with Crippen molar-refractivity contribution in [1.82, 2.24) is 9.78 Å². The maximum atomic E-state index is 12.4. The Bertz CT molecular complexity index is 1290. The van der Waals surface area contributed by atoms with Crippen molar-refractivity contribution in [2.45, 2.75) is 6.92 Å². The van der Waals surface area contributed by atoms with Crippen molar-refractivity contribution in [1.29, 1.82) is 0 Å². The molecule has 0 radical (unpaired) electrons. The van der Waals surface area contributed by atoms with Crippen molar-refractivity contribution < 1.29 is 9.72 Å². The first kappa shape index (κ1) is 20.7. The smallest absolute Gasteiger partial charge is 0.270 e. The summed E-state index contributed by atoms with van der Waals surface area (Å²) in [6, 6.07) is 23.3. The Hall–Kier alpha value is -4.52. The number of anilines is 1. The number of non-ortho nitro benzene ring substituents is 1. The topological polar surface area (TPSA) is 90.1 Å². The van der Waals surface area contributed by atoms with Crippen LogP contribution in [0.1, 0.15) is 11.1 Å². The highest BCUT2D eigenvalue weighted by molar-refractivity contribution is 6.02. The minimum atomic E-state index is -0.442. The molecule has 1 heterocycles. The van der Waals surface area contributed by atoms with Gasteiger partial charge in [-0.2, -0.15) is 5.10 Å². The van der Waals surface area contributed by atoms with E-state index in [0.717, 1.165) is 11.3 Å². The van der Waals surface area contributed by atoms with E-state index in [9.17, 15) is 14.9 Å². The zero-order chi connectivity index (χ0) is 22.5. The maximum Gasteiger partial charge on any atom is 0.270 e. The number of aryl methyl sites for hydroxylation is 1. The van der Waals surface area contributed by atoms with E-state index in [1.54, 1.807) is 29.1 Å². The molecule has 158 valence electrons. The Morgan fingerprint density at radius 1 is 1.03 bits per heavy atom. The molecule has 0 aliphatic heterocycles. The summed E-state index contributed by atoms with van der Waals surface area (Å²) in [7, 11) is 0. The van der Waals surface area contributed by atoms with E-state index < -0.39 is 4.92 Å². The quantitative estimate of drug-likeness (QED) is 0.255. The molecule has 1 N–H and O–H groups in total. The summed E-state index contributed by atoms with van der Waals surface area (Å²) in [4.78, 5) is 23.2. The number of benzene rings is 3. The molecular weight excluding hydrogens is 404 g/mol. The van der Waals surface area contributed by atoms with Crippen LogP contribution in [0.3, 0.4) is 0 Å². The summed E-state index contributed by atoms with van der Waals surface area (Å²) >= 11 is 0. The van der Waals surface area contributed by atoms with Gasteiger partial charge in [-0.3, -0.25) is 14.9 Å². The summed E-state index contributed by atoms with van der Waals surface area (Å²) < 4.78 is 1.69. The van der Waals surface area contributed by atoms with Crippen molar-refractivity contribution in [3.05, 3.63) is 112 Å². The highest BCUT2D eigenvalue weighted by atomic mass is 16.6. The molecule has 7 nitrogen and oxygen atoms in total. The van der Waals surface area contributed by atoms with Crippen molar-refractivity contribution >= 4 is 23.4 Å². The third kappa shape index (κ3) is 4.79. The van der Waals surface area contributed by atoms with Gasteiger partial charge in [0.2, 0.25) is 5.91 Å². The van der Waals surface area contributed by atoms with Crippen LogP contribution in [-0.4, -0.2) is 20.6 Å².